The fraction of sp³-hybridized carbons (Fsp3) is 0.444. The Morgan fingerprint density at radius 2 is 2.36 bits per heavy atom. The molecular formula is C9H14N2O3. The Morgan fingerprint density at radius 3 is 2.93 bits per heavy atom. The zero-order valence-electron chi connectivity index (χ0n) is 8.30. The van der Waals surface area contributed by atoms with Crippen LogP contribution in [0.5, 0.6) is 0 Å². The average molecular weight is 198 g/mol. The SMILES string of the molecule is CCN1CN(C)c2occc21.O=CO. The zero-order valence-corrected chi connectivity index (χ0v) is 8.30. The smallest absolute Gasteiger partial charge is 0.290 e. The maximum absolute atomic E-state index is 8.36. The van der Waals surface area contributed by atoms with Gasteiger partial charge in [-0.2, -0.15) is 0 Å². The van der Waals surface area contributed by atoms with E-state index >= 15 is 0 Å². The second-order valence-corrected chi connectivity index (χ2v) is 2.91. The van der Waals surface area contributed by atoms with Crippen molar-refractivity contribution in [3.63, 3.8) is 0 Å². The van der Waals surface area contributed by atoms with Gasteiger partial charge in [0.25, 0.3) is 6.47 Å². The molecule has 1 aromatic heterocycles. The molecule has 0 bridgehead atoms. The normalized spacial score (nSPS) is 13.3. The van der Waals surface area contributed by atoms with Crippen LogP contribution in [0.25, 0.3) is 0 Å². The van der Waals surface area contributed by atoms with Crippen LogP contribution in [0.2, 0.25) is 0 Å². The van der Waals surface area contributed by atoms with Gasteiger partial charge in [0.05, 0.1) is 12.9 Å². The molecule has 0 fully saturated rings. The molecule has 1 aliphatic heterocycles. The topological polar surface area (TPSA) is 56.9 Å². The van der Waals surface area contributed by atoms with Gasteiger partial charge in [0.1, 0.15) is 5.69 Å². The van der Waals surface area contributed by atoms with E-state index < -0.39 is 0 Å². The molecule has 1 N–H and O–H groups in total. The molecule has 2 heterocycles. The van der Waals surface area contributed by atoms with E-state index in [1.165, 1.54) is 5.69 Å². The molecule has 0 spiro atoms. The Labute approximate surface area is 82.5 Å². The first kappa shape index (κ1) is 10.4. The van der Waals surface area contributed by atoms with E-state index in [0.29, 0.717) is 0 Å². The molecule has 5 nitrogen and oxygen atoms in total. The molecule has 0 radical (unpaired) electrons. The molecule has 1 aromatic rings. The predicted octanol–water partition coefficient (Wildman–Crippen LogP) is 1.21. The first-order chi connectivity index (χ1) is 6.74. The summed E-state index contributed by atoms with van der Waals surface area (Å²) >= 11 is 0. The molecule has 0 amide bonds. The van der Waals surface area contributed by atoms with Crippen molar-refractivity contribution in [2.24, 2.45) is 0 Å². The van der Waals surface area contributed by atoms with Crippen LogP contribution in [0.1, 0.15) is 6.92 Å². The van der Waals surface area contributed by atoms with Crippen LogP contribution in [0, 0.1) is 0 Å². The lowest BCUT2D eigenvalue weighted by atomic mass is 10.4. The highest BCUT2D eigenvalue weighted by molar-refractivity contribution is 5.70. The second kappa shape index (κ2) is 4.55. The van der Waals surface area contributed by atoms with Gasteiger partial charge in [0, 0.05) is 19.7 Å². The summed E-state index contributed by atoms with van der Waals surface area (Å²) < 4.78 is 5.30. The molecule has 14 heavy (non-hydrogen) atoms. The number of rotatable bonds is 1. The monoisotopic (exact) mass is 198 g/mol. The van der Waals surface area contributed by atoms with Crippen molar-refractivity contribution in [1.82, 2.24) is 0 Å². The summed E-state index contributed by atoms with van der Waals surface area (Å²) in [5.41, 5.74) is 1.22. The highest BCUT2D eigenvalue weighted by Gasteiger charge is 2.24. The Morgan fingerprint density at radius 1 is 1.71 bits per heavy atom. The third kappa shape index (κ3) is 1.81. The maximum Gasteiger partial charge on any atom is 0.290 e. The van der Waals surface area contributed by atoms with Crippen LogP contribution in [0.15, 0.2) is 16.7 Å². The van der Waals surface area contributed by atoms with Gasteiger partial charge in [-0.1, -0.05) is 0 Å². The Bertz CT molecular complexity index is 298. The number of hydrogen-bond donors (Lipinski definition) is 1. The molecule has 78 valence electrons. The van der Waals surface area contributed by atoms with E-state index in [4.69, 9.17) is 14.3 Å². The number of fused-ring (bicyclic) bond motifs is 1. The van der Waals surface area contributed by atoms with E-state index in [9.17, 15) is 0 Å². The van der Waals surface area contributed by atoms with E-state index in [1.54, 1.807) is 6.26 Å². The van der Waals surface area contributed by atoms with Crippen molar-refractivity contribution in [2.45, 2.75) is 6.92 Å². The second-order valence-electron chi connectivity index (χ2n) is 2.91. The lowest BCUT2D eigenvalue weighted by Crippen LogP contribution is -2.27. The summed E-state index contributed by atoms with van der Waals surface area (Å²) in [5.74, 6) is 0.992. The van der Waals surface area contributed by atoms with Gasteiger partial charge < -0.3 is 19.3 Å². The first-order valence-electron chi connectivity index (χ1n) is 4.36. The van der Waals surface area contributed by atoms with Gasteiger partial charge in [0.2, 0.25) is 5.88 Å². The Balaban J connectivity index is 0.000000293. The molecule has 1 aliphatic rings. The minimum atomic E-state index is -0.250. The molecule has 0 atom stereocenters. The number of carbonyl (C=O) groups is 1. The van der Waals surface area contributed by atoms with Crippen LogP contribution in [0.3, 0.4) is 0 Å². The van der Waals surface area contributed by atoms with Gasteiger partial charge in [-0.3, -0.25) is 4.79 Å². The number of anilines is 2. The fourth-order valence-electron chi connectivity index (χ4n) is 1.49. The van der Waals surface area contributed by atoms with Gasteiger partial charge in [0.15, 0.2) is 0 Å². The standard InChI is InChI=1S/C8H12N2O.CH2O2/c1-3-10-6-9(2)8-7(10)4-5-11-8;2-1-3/h4-5H,3,6H2,1-2H3;1H,(H,2,3). The van der Waals surface area contributed by atoms with Crippen molar-refractivity contribution in [3.8, 4) is 0 Å². The zero-order chi connectivity index (χ0) is 10.6. The first-order valence-corrected chi connectivity index (χ1v) is 4.36. The largest absolute Gasteiger partial charge is 0.483 e. The van der Waals surface area contributed by atoms with Crippen molar-refractivity contribution >= 4 is 18.0 Å². The quantitative estimate of drug-likeness (QED) is 0.687. The number of furan rings is 1. The van der Waals surface area contributed by atoms with E-state index in [2.05, 4.69) is 16.7 Å². The highest BCUT2D eigenvalue weighted by Crippen LogP contribution is 2.35. The number of hydrogen-bond acceptors (Lipinski definition) is 4. The van der Waals surface area contributed by atoms with Crippen molar-refractivity contribution < 1.29 is 14.3 Å². The lowest BCUT2D eigenvalue weighted by Gasteiger charge is -2.15. The van der Waals surface area contributed by atoms with Crippen molar-refractivity contribution in [3.05, 3.63) is 12.3 Å². The molecule has 0 aromatic carbocycles. The molecule has 0 unspecified atom stereocenters. The third-order valence-corrected chi connectivity index (χ3v) is 2.08. The third-order valence-electron chi connectivity index (χ3n) is 2.08. The molecule has 0 saturated carbocycles. The Hall–Kier alpha value is -1.65. The Kier molecular flexibility index (Phi) is 3.39. The molecular weight excluding hydrogens is 184 g/mol. The molecule has 0 saturated heterocycles. The van der Waals surface area contributed by atoms with E-state index in [0.717, 1.165) is 19.1 Å². The van der Waals surface area contributed by atoms with Gasteiger partial charge in [-0.15, -0.1) is 0 Å². The van der Waals surface area contributed by atoms with Crippen LogP contribution in [-0.4, -0.2) is 31.8 Å². The maximum atomic E-state index is 8.36. The highest BCUT2D eigenvalue weighted by atomic mass is 16.4. The van der Waals surface area contributed by atoms with Gasteiger partial charge >= 0.3 is 0 Å². The summed E-state index contributed by atoms with van der Waals surface area (Å²) in [6.45, 7) is 3.89. The summed E-state index contributed by atoms with van der Waals surface area (Å²) in [6.07, 6.45) is 1.74. The molecule has 5 heteroatoms. The number of carboxylic acid groups (broad SMARTS) is 1. The van der Waals surface area contributed by atoms with Crippen LogP contribution >= 0.6 is 0 Å². The van der Waals surface area contributed by atoms with E-state index in [1.807, 2.05) is 13.1 Å². The van der Waals surface area contributed by atoms with Gasteiger partial charge in [-0.05, 0) is 6.92 Å². The van der Waals surface area contributed by atoms with Crippen molar-refractivity contribution in [2.75, 3.05) is 30.1 Å². The number of nitrogens with zero attached hydrogens (tertiary/aromatic N) is 2. The summed E-state index contributed by atoms with van der Waals surface area (Å²) in [4.78, 5) is 12.7. The minimum Gasteiger partial charge on any atom is -0.483 e. The summed E-state index contributed by atoms with van der Waals surface area (Å²) in [6, 6.07) is 2.02. The van der Waals surface area contributed by atoms with Crippen molar-refractivity contribution in [1.29, 1.82) is 0 Å². The molecule has 2 rings (SSSR count). The predicted molar refractivity (Wildman–Crippen MR) is 53.7 cm³/mol. The van der Waals surface area contributed by atoms with Gasteiger partial charge in [-0.25, -0.2) is 0 Å². The summed E-state index contributed by atoms with van der Waals surface area (Å²) in [7, 11) is 2.04. The minimum absolute atomic E-state index is 0.250. The lowest BCUT2D eigenvalue weighted by molar-refractivity contribution is -0.122. The summed E-state index contributed by atoms with van der Waals surface area (Å²) in [5, 5.41) is 6.89. The van der Waals surface area contributed by atoms with Crippen LogP contribution in [0.4, 0.5) is 11.6 Å². The molecule has 0 aliphatic carbocycles. The van der Waals surface area contributed by atoms with Crippen LogP contribution in [-0.2, 0) is 4.79 Å². The fourth-order valence-corrected chi connectivity index (χ4v) is 1.49. The average Bonchev–Trinajstić information content (AvgIpc) is 2.71. The van der Waals surface area contributed by atoms with Crippen LogP contribution < -0.4 is 9.80 Å². The van der Waals surface area contributed by atoms with E-state index in [-0.39, 0.29) is 6.47 Å².